The van der Waals surface area contributed by atoms with Crippen molar-refractivity contribution in [1.29, 1.82) is 0 Å². The van der Waals surface area contributed by atoms with Gasteiger partial charge in [0.2, 0.25) is 0 Å². The Hall–Kier alpha value is -2.45. The van der Waals surface area contributed by atoms with Gasteiger partial charge in [-0.1, -0.05) is 28.1 Å². The zero-order valence-electron chi connectivity index (χ0n) is 14.3. The molecule has 8 heteroatoms. The Bertz CT molecular complexity index is 947. The molecule has 0 aliphatic rings. The van der Waals surface area contributed by atoms with Crippen LogP contribution in [0, 0.1) is 5.82 Å². The fourth-order valence-electron chi connectivity index (χ4n) is 2.19. The summed E-state index contributed by atoms with van der Waals surface area (Å²) < 4.78 is 29.7. The van der Waals surface area contributed by atoms with Crippen molar-refractivity contribution >= 4 is 33.2 Å². The molecule has 0 amide bonds. The quantitative estimate of drug-likeness (QED) is 0.480. The summed E-state index contributed by atoms with van der Waals surface area (Å²) in [5.41, 5.74) is 1.55. The van der Waals surface area contributed by atoms with Crippen LogP contribution in [0.15, 0.2) is 52.3 Å². The van der Waals surface area contributed by atoms with Crippen molar-refractivity contribution in [3.63, 3.8) is 0 Å². The van der Waals surface area contributed by atoms with E-state index in [1.807, 2.05) is 29.6 Å². The fraction of sp³-hybridized carbons (Fsp3) is 0.158. The third-order valence-corrected chi connectivity index (χ3v) is 4.92. The maximum absolute atomic E-state index is 13.6. The molecule has 3 rings (SSSR count). The van der Waals surface area contributed by atoms with Gasteiger partial charge in [0.1, 0.15) is 17.4 Å². The van der Waals surface area contributed by atoms with Gasteiger partial charge in [-0.05, 0) is 30.3 Å². The number of hydrogen-bond donors (Lipinski definition) is 0. The molecule has 0 spiro atoms. The Labute approximate surface area is 167 Å². The van der Waals surface area contributed by atoms with Crippen LogP contribution in [0.5, 0.6) is 11.5 Å². The van der Waals surface area contributed by atoms with E-state index in [0.29, 0.717) is 10.2 Å². The molecule has 0 saturated heterocycles. The number of carbonyl (C=O) groups excluding carboxylic acids is 1. The zero-order valence-corrected chi connectivity index (χ0v) is 16.7. The van der Waals surface area contributed by atoms with Gasteiger partial charge in [0.25, 0.3) is 0 Å². The lowest BCUT2D eigenvalue weighted by atomic mass is 10.2. The normalized spacial score (nSPS) is 10.5. The molecular weight excluding hydrogens is 437 g/mol. The average Bonchev–Trinajstić information content (AvgIpc) is 3.15. The molecule has 2 aromatic carbocycles. The Kier molecular flexibility index (Phi) is 6.41. The number of halogens is 2. The first kappa shape index (κ1) is 19.3. The van der Waals surface area contributed by atoms with Crippen molar-refractivity contribution in [2.24, 2.45) is 0 Å². The van der Waals surface area contributed by atoms with Crippen molar-refractivity contribution in [2.45, 2.75) is 6.61 Å². The third-order valence-electron chi connectivity index (χ3n) is 3.49. The van der Waals surface area contributed by atoms with Crippen molar-refractivity contribution in [3.05, 3.63) is 63.8 Å². The van der Waals surface area contributed by atoms with Gasteiger partial charge in [-0.3, -0.25) is 0 Å². The highest BCUT2D eigenvalue weighted by atomic mass is 79.9. The van der Waals surface area contributed by atoms with E-state index in [9.17, 15) is 9.18 Å². The second-order valence-corrected chi connectivity index (χ2v) is 7.17. The second-order valence-electron chi connectivity index (χ2n) is 5.40. The summed E-state index contributed by atoms with van der Waals surface area (Å²) in [5, 5.41) is 2.62. The summed E-state index contributed by atoms with van der Waals surface area (Å²) in [5.74, 6) is -0.426. The monoisotopic (exact) mass is 451 g/mol. The molecule has 1 heterocycles. The average molecular weight is 452 g/mol. The maximum atomic E-state index is 13.6. The Balaban J connectivity index is 1.52. The molecule has 5 nitrogen and oxygen atoms in total. The summed E-state index contributed by atoms with van der Waals surface area (Å²) in [6, 6.07) is 11.9. The van der Waals surface area contributed by atoms with Gasteiger partial charge in [-0.25, -0.2) is 14.2 Å². The van der Waals surface area contributed by atoms with E-state index >= 15 is 0 Å². The van der Waals surface area contributed by atoms with Crippen molar-refractivity contribution in [1.82, 2.24) is 4.98 Å². The van der Waals surface area contributed by atoms with Gasteiger partial charge in [0, 0.05) is 15.4 Å². The van der Waals surface area contributed by atoms with Crippen molar-refractivity contribution in [3.8, 4) is 22.1 Å². The zero-order chi connectivity index (χ0) is 19.2. The predicted molar refractivity (Wildman–Crippen MR) is 103 cm³/mol. The minimum atomic E-state index is -0.603. The minimum absolute atomic E-state index is 0.0101. The van der Waals surface area contributed by atoms with E-state index < -0.39 is 11.8 Å². The molecule has 27 heavy (non-hydrogen) atoms. The predicted octanol–water partition coefficient (Wildman–Crippen LogP) is 4.84. The summed E-state index contributed by atoms with van der Waals surface area (Å²) in [4.78, 5) is 16.3. The van der Waals surface area contributed by atoms with E-state index in [4.69, 9.17) is 14.2 Å². The number of benzene rings is 2. The van der Waals surface area contributed by atoms with Crippen LogP contribution in [0.3, 0.4) is 0 Å². The molecule has 0 atom stereocenters. The number of thiazole rings is 1. The smallest absolute Gasteiger partial charge is 0.344 e. The second kappa shape index (κ2) is 8.96. The molecule has 0 aliphatic carbocycles. The number of carbonyl (C=O) groups is 1. The van der Waals surface area contributed by atoms with E-state index in [1.54, 1.807) is 13.2 Å². The number of esters is 1. The van der Waals surface area contributed by atoms with Crippen molar-refractivity contribution < 1.29 is 23.4 Å². The highest BCUT2D eigenvalue weighted by molar-refractivity contribution is 9.10. The molecule has 0 bridgehead atoms. The van der Waals surface area contributed by atoms with Crippen LogP contribution < -0.4 is 9.47 Å². The van der Waals surface area contributed by atoms with Crippen LogP contribution in [0.25, 0.3) is 10.6 Å². The molecule has 1 aromatic heterocycles. The molecular formula is C19H15BrFNO4S. The number of hydrogen-bond acceptors (Lipinski definition) is 6. The van der Waals surface area contributed by atoms with Crippen LogP contribution in [-0.4, -0.2) is 24.7 Å². The van der Waals surface area contributed by atoms with E-state index in [1.165, 1.54) is 23.5 Å². The number of ether oxygens (including phenoxy) is 3. The Morgan fingerprint density at radius 1 is 1.26 bits per heavy atom. The van der Waals surface area contributed by atoms with Gasteiger partial charge in [-0.2, -0.15) is 0 Å². The third kappa shape index (κ3) is 5.27. The van der Waals surface area contributed by atoms with Gasteiger partial charge >= 0.3 is 5.97 Å². The molecule has 140 valence electrons. The molecule has 3 aromatic rings. The number of rotatable bonds is 7. The molecule has 0 radical (unpaired) electrons. The SMILES string of the molecule is COc1cccc(-c2nc(COC(=O)COc3ccc(Br)cc3F)cs2)c1. The summed E-state index contributed by atoms with van der Waals surface area (Å²) in [6.45, 7) is -0.364. The topological polar surface area (TPSA) is 57.7 Å². The number of aromatic nitrogens is 1. The lowest BCUT2D eigenvalue weighted by Gasteiger charge is -2.07. The van der Waals surface area contributed by atoms with E-state index in [-0.39, 0.29) is 19.0 Å². The molecule has 0 aliphatic heterocycles. The maximum Gasteiger partial charge on any atom is 0.344 e. The lowest BCUT2D eigenvalue weighted by Crippen LogP contribution is -2.15. The van der Waals surface area contributed by atoms with Gasteiger partial charge in [0.15, 0.2) is 18.2 Å². The molecule has 0 N–H and O–H groups in total. The van der Waals surface area contributed by atoms with Gasteiger partial charge < -0.3 is 14.2 Å². The largest absolute Gasteiger partial charge is 0.497 e. The van der Waals surface area contributed by atoms with E-state index in [0.717, 1.165) is 16.3 Å². The molecule has 0 fully saturated rings. The summed E-state index contributed by atoms with van der Waals surface area (Å²) in [7, 11) is 1.61. The first-order valence-electron chi connectivity index (χ1n) is 7.87. The fourth-order valence-corrected chi connectivity index (χ4v) is 3.32. The molecule has 0 unspecified atom stereocenters. The van der Waals surface area contributed by atoms with Gasteiger partial charge in [-0.15, -0.1) is 11.3 Å². The highest BCUT2D eigenvalue weighted by Crippen LogP contribution is 2.27. The standard InChI is InChI=1S/C19H15BrFNO4S/c1-24-15-4-2-3-12(7-15)19-22-14(11-27-19)9-26-18(23)10-25-17-6-5-13(20)8-16(17)21/h2-8,11H,9-10H2,1H3. The first-order valence-corrected chi connectivity index (χ1v) is 9.54. The number of methoxy groups -OCH3 is 1. The number of nitrogens with zero attached hydrogens (tertiary/aromatic N) is 1. The summed E-state index contributed by atoms with van der Waals surface area (Å²) >= 11 is 4.60. The van der Waals surface area contributed by atoms with Crippen LogP contribution in [0.2, 0.25) is 0 Å². The Morgan fingerprint density at radius 3 is 2.89 bits per heavy atom. The summed E-state index contributed by atoms with van der Waals surface area (Å²) in [6.07, 6.45) is 0. The van der Waals surface area contributed by atoms with E-state index in [2.05, 4.69) is 20.9 Å². The Morgan fingerprint density at radius 2 is 2.11 bits per heavy atom. The molecule has 0 saturated carbocycles. The highest BCUT2D eigenvalue weighted by Gasteiger charge is 2.11. The lowest BCUT2D eigenvalue weighted by molar-refractivity contribution is -0.147. The first-order chi connectivity index (χ1) is 13.0. The van der Waals surface area contributed by atoms with Crippen LogP contribution >= 0.6 is 27.3 Å². The van der Waals surface area contributed by atoms with Gasteiger partial charge in [0.05, 0.1) is 12.8 Å². The van der Waals surface area contributed by atoms with Crippen LogP contribution in [0.4, 0.5) is 4.39 Å². The van der Waals surface area contributed by atoms with Crippen LogP contribution in [0.1, 0.15) is 5.69 Å². The van der Waals surface area contributed by atoms with Crippen molar-refractivity contribution in [2.75, 3.05) is 13.7 Å². The van der Waals surface area contributed by atoms with Crippen LogP contribution in [-0.2, 0) is 16.1 Å². The minimum Gasteiger partial charge on any atom is -0.497 e.